The van der Waals surface area contributed by atoms with E-state index in [4.69, 9.17) is 0 Å². The molecule has 0 heteroatoms. The standard InChI is InChI=1S/C14H20/c1-13(2)11-8-9-14(13,3)12-7-5-4-6-10(11)12/h6-7,11H,4-5,8-9H2,1-3H3. The molecule has 0 aromatic carbocycles. The van der Waals surface area contributed by atoms with Gasteiger partial charge in [-0.05, 0) is 53.6 Å². The third-order valence-electron chi connectivity index (χ3n) is 5.39. The van der Waals surface area contributed by atoms with Crippen LogP contribution >= 0.6 is 0 Å². The van der Waals surface area contributed by atoms with E-state index >= 15 is 0 Å². The van der Waals surface area contributed by atoms with Gasteiger partial charge in [-0.3, -0.25) is 0 Å². The van der Waals surface area contributed by atoms with E-state index in [1.54, 1.807) is 11.1 Å². The van der Waals surface area contributed by atoms with Crippen LogP contribution in [0.3, 0.4) is 0 Å². The molecule has 2 fully saturated rings. The summed E-state index contributed by atoms with van der Waals surface area (Å²) in [6, 6.07) is 0. The van der Waals surface area contributed by atoms with Crippen LogP contribution in [-0.2, 0) is 0 Å². The molecule has 3 rings (SSSR count). The highest BCUT2D eigenvalue weighted by Crippen LogP contribution is 2.70. The average molecular weight is 188 g/mol. The van der Waals surface area contributed by atoms with E-state index in [1.807, 2.05) is 0 Å². The Bertz CT molecular complexity index is 343. The molecule has 2 atom stereocenters. The third kappa shape index (κ3) is 0.733. The van der Waals surface area contributed by atoms with E-state index in [1.165, 1.54) is 25.7 Å². The summed E-state index contributed by atoms with van der Waals surface area (Å²) >= 11 is 0. The van der Waals surface area contributed by atoms with Gasteiger partial charge in [-0.25, -0.2) is 0 Å². The summed E-state index contributed by atoms with van der Waals surface area (Å²) in [6.07, 6.45) is 10.4. The van der Waals surface area contributed by atoms with Crippen molar-refractivity contribution in [3.05, 3.63) is 23.3 Å². The lowest BCUT2D eigenvalue weighted by atomic mass is 9.68. The van der Waals surface area contributed by atoms with E-state index in [-0.39, 0.29) is 0 Å². The zero-order valence-corrected chi connectivity index (χ0v) is 9.56. The fourth-order valence-corrected chi connectivity index (χ4v) is 4.09. The lowest BCUT2D eigenvalue weighted by Gasteiger charge is -2.35. The summed E-state index contributed by atoms with van der Waals surface area (Å²) in [5.74, 6) is 0.860. The molecule has 0 aliphatic heterocycles. The van der Waals surface area contributed by atoms with Crippen LogP contribution < -0.4 is 0 Å². The van der Waals surface area contributed by atoms with Gasteiger partial charge in [0.15, 0.2) is 0 Å². The van der Waals surface area contributed by atoms with Crippen LogP contribution in [0.15, 0.2) is 23.3 Å². The second-order valence-corrected chi connectivity index (χ2v) is 6.00. The molecule has 0 aromatic heterocycles. The van der Waals surface area contributed by atoms with Gasteiger partial charge in [-0.2, -0.15) is 0 Å². The van der Waals surface area contributed by atoms with Crippen molar-refractivity contribution in [2.45, 2.75) is 46.5 Å². The topological polar surface area (TPSA) is 0 Å². The maximum Gasteiger partial charge on any atom is -0.00185 e. The molecule has 0 spiro atoms. The highest BCUT2D eigenvalue weighted by Gasteiger charge is 2.61. The first kappa shape index (κ1) is 8.76. The third-order valence-corrected chi connectivity index (χ3v) is 5.39. The Hall–Kier alpha value is -0.520. The van der Waals surface area contributed by atoms with E-state index in [2.05, 4.69) is 32.9 Å². The number of rotatable bonds is 0. The second-order valence-electron chi connectivity index (χ2n) is 6.00. The Balaban J connectivity index is 2.21. The van der Waals surface area contributed by atoms with Crippen molar-refractivity contribution in [2.75, 3.05) is 0 Å². The van der Waals surface area contributed by atoms with Crippen molar-refractivity contribution >= 4 is 0 Å². The van der Waals surface area contributed by atoms with Gasteiger partial charge in [0.2, 0.25) is 0 Å². The summed E-state index contributed by atoms with van der Waals surface area (Å²) in [7, 11) is 0. The minimum atomic E-state index is 0.490. The van der Waals surface area contributed by atoms with Crippen molar-refractivity contribution in [3.63, 3.8) is 0 Å². The predicted octanol–water partition coefficient (Wildman–Crippen LogP) is 4.09. The lowest BCUT2D eigenvalue weighted by molar-refractivity contribution is 0.182. The van der Waals surface area contributed by atoms with E-state index < -0.39 is 0 Å². The number of hydrogen-bond donors (Lipinski definition) is 0. The Kier molecular flexibility index (Phi) is 1.47. The van der Waals surface area contributed by atoms with Crippen molar-refractivity contribution in [1.29, 1.82) is 0 Å². The Morgan fingerprint density at radius 2 is 1.86 bits per heavy atom. The van der Waals surface area contributed by atoms with Crippen LogP contribution in [0.4, 0.5) is 0 Å². The van der Waals surface area contributed by atoms with Gasteiger partial charge >= 0.3 is 0 Å². The molecule has 2 saturated carbocycles. The monoisotopic (exact) mass is 188 g/mol. The van der Waals surface area contributed by atoms with Crippen molar-refractivity contribution in [1.82, 2.24) is 0 Å². The van der Waals surface area contributed by atoms with Gasteiger partial charge in [0.25, 0.3) is 0 Å². The second kappa shape index (κ2) is 2.35. The molecule has 14 heavy (non-hydrogen) atoms. The smallest absolute Gasteiger partial charge is 0.00185 e. The molecule has 0 radical (unpaired) electrons. The molecule has 0 nitrogen and oxygen atoms in total. The Morgan fingerprint density at radius 1 is 1.14 bits per heavy atom. The average Bonchev–Trinajstić information content (AvgIpc) is 2.49. The number of allylic oxidation sites excluding steroid dienone is 4. The zero-order valence-electron chi connectivity index (χ0n) is 9.56. The normalized spacial score (nSPS) is 43.2. The maximum atomic E-state index is 2.52. The molecule has 2 unspecified atom stereocenters. The zero-order chi connectivity index (χ0) is 9.97. The Morgan fingerprint density at radius 3 is 2.57 bits per heavy atom. The van der Waals surface area contributed by atoms with Crippen LogP contribution in [0.1, 0.15) is 46.5 Å². The first-order valence-corrected chi connectivity index (χ1v) is 5.98. The van der Waals surface area contributed by atoms with Gasteiger partial charge in [0.05, 0.1) is 0 Å². The largest absolute Gasteiger partial charge is 0.0804 e. The minimum absolute atomic E-state index is 0.490. The quantitative estimate of drug-likeness (QED) is 0.537. The lowest BCUT2D eigenvalue weighted by Crippen LogP contribution is -2.28. The van der Waals surface area contributed by atoms with Crippen LogP contribution in [0.2, 0.25) is 0 Å². The first-order valence-electron chi connectivity index (χ1n) is 5.98. The molecule has 0 heterocycles. The highest BCUT2D eigenvalue weighted by molar-refractivity contribution is 5.50. The van der Waals surface area contributed by atoms with Crippen LogP contribution in [-0.4, -0.2) is 0 Å². The summed E-state index contributed by atoms with van der Waals surface area (Å²) in [4.78, 5) is 0. The molecule has 0 saturated heterocycles. The highest BCUT2D eigenvalue weighted by atomic mass is 14.6. The van der Waals surface area contributed by atoms with Crippen LogP contribution in [0, 0.1) is 16.7 Å². The molecule has 76 valence electrons. The van der Waals surface area contributed by atoms with Gasteiger partial charge in [-0.15, -0.1) is 0 Å². The Labute approximate surface area is 87.1 Å². The van der Waals surface area contributed by atoms with Crippen molar-refractivity contribution in [2.24, 2.45) is 16.7 Å². The SMILES string of the molecule is CC12CCC(C3=CCCC=C31)C2(C)C. The predicted molar refractivity (Wildman–Crippen MR) is 60.0 cm³/mol. The molecule has 0 aromatic rings. The molecule has 0 amide bonds. The molecule has 0 N–H and O–H groups in total. The van der Waals surface area contributed by atoms with Gasteiger partial charge in [0, 0.05) is 0 Å². The van der Waals surface area contributed by atoms with Crippen LogP contribution in [0.25, 0.3) is 0 Å². The van der Waals surface area contributed by atoms with Gasteiger partial charge in [0.1, 0.15) is 0 Å². The molecular formula is C14H20. The summed E-state index contributed by atoms with van der Waals surface area (Å²) in [6.45, 7) is 7.44. The number of fused-ring (bicyclic) bond motifs is 5. The molecule has 3 aliphatic carbocycles. The van der Waals surface area contributed by atoms with Crippen molar-refractivity contribution < 1.29 is 0 Å². The number of hydrogen-bond acceptors (Lipinski definition) is 0. The van der Waals surface area contributed by atoms with E-state index in [0.717, 1.165) is 5.92 Å². The van der Waals surface area contributed by atoms with Crippen LogP contribution in [0.5, 0.6) is 0 Å². The first-order chi connectivity index (χ1) is 6.57. The molecule has 3 aliphatic rings. The summed E-state index contributed by atoms with van der Waals surface area (Å²) < 4.78 is 0. The van der Waals surface area contributed by atoms with E-state index in [9.17, 15) is 0 Å². The summed E-state index contributed by atoms with van der Waals surface area (Å²) in [5, 5.41) is 0. The maximum absolute atomic E-state index is 2.52. The fraction of sp³-hybridized carbons (Fsp3) is 0.714. The minimum Gasteiger partial charge on any atom is -0.0804 e. The van der Waals surface area contributed by atoms with Gasteiger partial charge in [-0.1, -0.05) is 32.9 Å². The summed E-state index contributed by atoms with van der Waals surface area (Å²) in [5.41, 5.74) is 4.43. The molecule has 2 bridgehead atoms. The van der Waals surface area contributed by atoms with Gasteiger partial charge < -0.3 is 0 Å². The fourth-order valence-electron chi connectivity index (χ4n) is 4.09. The van der Waals surface area contributed by atoms with E-state index in [0.29, 0.717) is 10.8 Å². The molecular weight excluding hydrogens is 168 g/mol. The van der Waals surface area contributed by atoms with Crippen molar-refractivity contribution in [3.8, 4) is 0 Å².